The average Bonchev–Trinajstić information content (AvgIpc) is 3.31. The molecule has 1 aliphatic rings. The van der Waals surface area contributed by atoms with E-state index in [1.54, 1.807) is 13.3 Å². The second kappa shape index (κ2) is 10.1. The molecule has 1 saturated heterocycles. The molecule has 1 aliphatic heterocycles. The Kier molecular flexibility index (Phi) is 6.81. The van der Waals surface area contributed by atoms with Crippen molar-refractivity contribution in [2.45, 2.75) is 18.9 Å². The molecule has 32 heavy (non-hydrogen) atoms. The zero-order chi connectivity index (χ0) is 22.3. The van der Waals surface area contributed by atoms with Gasteiger partial charge in [-0.05, 0) is 49.2 Å². The molecule has 8 nitrogen and oxygen atoms in total. The van der Waals surface area contributed by atoms with Gasteiger partial charge in [0.05, 0.1) is 31.1 Å². The van der Waals surface area contributed by atoms with Crippen molar-refractivity contribution in [1.29, 1.82) is 0 Å². The van der Waals surface area contributed by atoms with Gasteiger partial charge in [-0.3, -0.25) is 19.6 Å². The summed E-state index contributed by atoms with van der Waals surface area (Å²) in [6.45, 7) is 1.85. The number of aromatic amines is 1. The van der Waals surface area contributed by atoms with E-state index < -0.39 is 0 Å². The Morgan fingerprint density at radius 3 is 2.50 bits per heavy atom. The van der Waals surface area contributed by atoms with E-state index in [4.69, 9.17) is 4.74 Å². The first kappa shape index (κ1) is 21.6. The number of carbonyl (C=O) groups excluding carboxylic acids is 2. The maximum absolute atomic E-state index is 12.9. The normalized spacial score (nSPS) is 14.7. The van der Waals surface area contributed by atoms with E-state index in [2.05, 4.69) is 25.7 Å². The van der Waals surface area contributed by atoms with E-state index in [9.17, 15) is 9.59 Å². The number of ether oxygens (including phenoxy) is 1. The number of benzene rings is 2. The SMILES string of the molecule is COc1ccc(-c2[nH]ncc2C(=O)NC2CCN(CC(=O)Nc3ccccc3)CC2)cc1. The molecule has 2 aromatic carbocycles. The number of para-hydroxylation sites is 1. The van der Waals surface area contributed by atoms with Crippen LogP contribution in [0.15, 0.2) is 60.8 Å². The van der Waals surface area contributed by atoms with Crippen molar-refractivity contribution >= 4 is 17.5 Å². The van der Waals surface area contributed by atoms with Crippen molar-refractivity contribution < 1.29 is 14.3 Å². The van der Waals surface area contributed by atoms with Crippen molar-refractivity contribution in [1.82, 2.24) is 20.4 Å². The van der Waals surface area contributed by atoms with Gasteiger partial charge in [0.15, 0.2) is 0 Å². The van der Waals surface area contributed by atoms with Crippen LogP contribution in [0.1, 0.15) is 23.2 Å². The van der Waals surface area contributed by atoms with Gasteiger partial charge in [-0.1, -0.05) is 18.2 Å². The maximum atomic E-state index is 12.9. The number of anilines is 1. The second-order valence-corrected chi connectivity index (χ2v) is 7.83. The summed E-state index contributed by atoms with van der Waals surface area (Å²) in [5.41, 5.74) is 2.86. The Morgan fingerprint density at radius 1 is 1.09 bits per heavy atom. The fraction of sp³-hybridized carbons (Fsp3) is 0.292. The molecule has 0 spiro atoms. The van der Waals surface area contributed by atoms with Gasteiger partial charge in [-0.15, -0.1) is 0 Å². The number of H-pyrrole nitrogens is 1. The molecule has 0 bridgehead atoms. The molecular formula is C24H27N5O3. The minimum atomic E-state index is -0.148. The highest BCUT2D eigenvalue weighted by atomic mass is 16.5. The first-order valence-electron chi connectivity index (χ1n) is 10.7. The van der Waals surface area contributed by atoms with Gasteiger partial charge in [0.2, 0.25) is 5.91 Å². The van der Waals surface area contributed by atoms with Crippen molar-refractivity contribution in [3.8, 4) is 17.0 Å². The van der Waals surface area contributed by atoms with Gasteiger partial charge in [0.25, 0.3) is 5.91 Å². The maximum Gasteiger partial charge on any atom is 0.255 e. The molecule has 0 unspecified atom stereocenters. The van der Waals surface area contributed by atoms with Crippen LogP contribution < -0.4 is 15.4 Å². The van der Waals surface area contributed by atoms with Gasteiger partial charge >= 0.3 is 0 Å². The van der Waals surface area contributed by atoms with Gasteiger partial charge in [-0.25, -0.2) is 0 Å². The summed E-state index contributed by atoms with van der Waals surface area (Å²) < 4.78 is 5.19. The van der Waals surface area contributed by atoms with E-state index in [1.165, 1.54) is 0 Å². The molecular weight excluding hydrogens is 406 g/mol. The van der Waals surface area contributed by atoms with Gasteiger partial charge in [0, 0.05) is 30.4 Å². The summed E-state index contributed by atoms with van der Waals surface area (Å²) in [7, 11) is 1.62. The molecule has 2 amide bonds. The number of aromatic nitrogens is 2. The number of hydrogen-bond acceptors (Lipinski definition) is 5. The molecule has 1 aromatic heterocycles. The molecule has 3 N–H and O–H groups in total. The van der Waals surface area contributed by atoms with E-state index in [-0.39, 0.29) is 17.9 Å². The van der Waals surface area contributed by atoms with Gasteiger partial charge < -0.3 is 15.4 Å². The second-order valence-electron chi connectivity index (χ2n) is 7.83. The monoisotopic (exact) mass is 433 g/mol. The topological polar surface area (TPSA) is 99.3 Å². The summed E-state index contributed by atoms with van der Waals surface area (Å²) >= 11 is 0. The number of carbonyl (C=O) groups is 2. The number of methoxy groups -OCH3 is 1. The smallest absolute Gasteiger partial charge is 0.255 e. The molecule has 0 saturated carbocycles. The number of nitrogens with zero attached hydrogens (tertiary/aromatic N) is 2. The lowest BCUT2D eigenvalue weighted by Crippen LogP contribution is -2.46. The Hall–Kier alpha value is -3.65. The first-order valence-corrected chi connectivity index (χ1v) is 10.7. The highest BCUT2D eigenvalue weighted by molar-refractivity contribution is 6.00. The van der Waals surface area contributed by atoms with Gasteiger partial charge in [0.1, 0.15) is 5.75 Å². The number of nitrogens with one attached hydrogen (secondary N) is 3. The zero-order valence-electron chi connectivity index (χ0n) is 18.0. The minimum absolute atomic E-state index is 0.0267. The summed E-state index contributed by atoms with van der Waals surface area (Å²) in [6.07, 6.45) is 3.14. The molecule has 2 heterocycles. The molecule has 166 valence electrons. The van der Waals surface area contributed by atoms with Crippen LogP contribution in [0.25, 0.3) is 11.3 Å². The van der Waals surface area contributed by atoms with E-state index in [1.807, 2.05) is 54.6 Å². The Bertz CT molecular complexity index is 1040. The average molecular weight is 434 g/mol. The van der Waals surface area contributed by atoms with Crippen molar-refractivity contribution in [2.75, 3.05) is 32.1 Å². The molecule has 3 aromatic rings. The third-order valence-corrected chi connectivity index (χ3v) is 5.61. The van der Waals surface area contributed by atoms with E-state index in [0.717, 1.165) is 42.9 Å². The number of rotatable bonds is 7. The van der Waals surface area contributed by atoms with Crippen LogP contribution in [-0.4, -0.2) is 59.7 Å². The first-order chi connectivity index (χ1) is 15.6. The van der Waals surface area contributed by atoms with Crippen LogP contribution in [0, 0.1) is 0 Å². The molecule has 0 aliphatic carbocycles. The Morgan fingerprint density at radius 2 is 1.81 bits per heavy atom. The highest BCUT2D eigenvalue weighted by Crippen LogP contribution is 2.24. The van der Waals surface area contributed by atoms with Crippen molar-refractivity contribution in [3.63, 3.8) is 0 Å². The summed E-state index contributed by atoms with van der Waals surface area (Å²) in [5.74, 6) is 0.578. The lowest BCUT2D eigenvalue weighted by molar-refractivity contribution is -0.117. The summed E-state index contributed by atoms with van der Waals surface area (Å²) in [6, 6.07) is 17.0. The summed E-state index contributed by atoms with van der Waals surface area (Å²) in [4.78, 5) is 27.3. The third kappa shape index (κ3) is 5.33. The van der Waals surface area contributed by atoms with Crippen LogP contribution in [0.4, 0.5) is 5.69 Å². The fourth-order valence-electron chi connectivity index (χ4n) is 3.86. The fourth-order valence-corrected chi connectivity index (χ4v) is 3.86. The van der Waals surface area contributed by atoms with Crippen LogP contribution in [-0.2, 0) is 4.79 Å². The highest BCUT2D eigenvalue weighted by Gasteiger charge is 2.24. The lowest BCUT2D eigenvalue weighted by Gasteiger charge is -2.31. The molecule has 4 rings (SSSR count). The predicted octanol–water partition coefficient (Wildman–Crippen LogP) is 2.92. The standard InChI is InChI=1S/C24H27N5O3/c1-32-20-9-7-17(8-10-20)23-21(15-25-28-23)24(31)27-19-11-13-29(14-12-19)16-22(30)26-18-5-3-2-4-6-18/h2-10,15,19H,11-14,16H2,1H3,(H,25,28)(H,26,30)(H,27,31). The summed E-state index contributed by atoms with van der Waals surface area (Å²) in [5, 5.41) is 13.0. The van der Waals surface area contributed by atoms with Crippen molar-refractivity contribution in [2.24, 2.45) is 0 Å². The number of piperidine rings is 1. The third-order valence-electron chi connectivity index (χ3n) is 5.61. The lowest BCUT2D eigenvalue weighted by atomic mass is 10.0. The zero-order valence-corrected chi connectivity index (χ0v) is 18.0. The van der Waals surface area contributed by atoms with Crippen LogP contribution >= 0.6 is 0 Å². The van der Waals surface area contributed by atoms with Crippen molar-refractivity contribution in [3.05, 3.63) is 66.4 Å². The Balaban J connectivity index is 1.28. The number of amides is 2. The number of hydrogen-bond donors (Lipinski definition) is 3. The minimum Gasteiger partial charge on any atom is -0.497 e. The largest absolute Gasteiger partial charge is 0.497 e. The van der Waals surface area contributed by atoms with Gasteiger partial charge in [-0.2, -0.15) is 5.10 Å². The predicted molar refractivity (Wildman–Crippen MR) is 123 cm³/mol. The van der Waals surface area contributed by atoms with Crippen LogP contribution in [0.3, 0.4) is 0 Å². The molecule has 1 fully saturated rings. The van der Waals surface area contributed by atoms with E-state index >= 15 is 0 Å². The van der Waals surface area contributed by atoms with E-state index in [0.29, 0.717) is 17.8 Å². The molecule has 0 radical (unpaired) electrons. The Labute approximate surface area is 187 Å². The van der Waals surface area contributed by atoms with Crippen LogP contribution in [0.5, 0.6) is 5.75 Å². The van der Waals surface area contributed by atoms with Crippen LogP contribution in [0.2, 0.25) is 0 Å². The quantitative estimate of drug-likeness (QED) is 0.532. The number of likely N-dealkylation sites (tertiary alicyclic amines) is 1. The molecule has 0 atom stereocenters. The molecule has 8 heteroatoms.